The highest BCUT2D eigenvalue weighted by molar-refractivity contribution is 6.08. The highest BCUT2D eigenvalue weighted by Crippen LogP contribution is 2.54. The summed E-state index contributed by atoms with van der Waals surface area (Å²) in [7, 11) is 0. The highest BCUT2D eigenvalue weighted by atomic mass is 16.3. The van der Waals surface area contributed by atoms with E-state index in [4.69, 9.17) is 4.42 Å². The number of fused-ring (bicyclic) bond motifs is 7. The Labute approximate surface area is 311 Å². The second kappa shape index (κ2) is 12.1. The van der Waals surface area contributed by atoms with Crippen molar-refractivity contribution in [1.82, 2.24) is 0 Å². The van der Waals surface area contributed by atoms with E-state index in [9.17, 15) is 0 Å². The summed E-state index contributed by atoms with van der Waals surface area (Å²) in [5, 5.41) is 2.30. The van der Waals surface area contributed by atoms with Crippen LogP contribution in [0.25, 0.3) is 66.4 Å². The fraction of sp³-hybridized carbons (Fsp3) is 0.176. The summed E-state index contributed by atoms with van der Waals surface area (Å²) >= 11 is 0. The SMILES string of the molecule is Cc1ccc(N(c2ccc3c(c2)-c2c4cccc2-c2cccc-3c2Cc2ccccc2-4)c2ccc3oc4ccccc4c3c2)c(C2CCCCCC2)c1. The summed E-state index contributed by atoms with van der Waals surface area (Å²) in [4.78, 5) is 2.55. The molecule has 2 nitrogen and oxygen atoms in total. The lowest BCUT2D eigenvalue weighted by Crippen LogP contribution is -2.14. The first-order valence-corrected chi connectivity index (χ1v) is 19.5. The minimum atomic E-state index is 0.538. The molecule has 256 valence electrons. The van der Waals surface area contributed by atoms with Gasteiger partial charge in [0.25, 0.3) is 0 Å². The lowest BCUT2D eigenvalue weighted by Gasteiger charge is -2.31. The maximum absolute atomic E-state index is 6.35. The lowest BCUT2D eigenvalue weighted by molar-refractivity contribution is 0.592. The summed E-state index contributed by atoms with van der Waals surface area (Å²) < 4.78 is 6.35. The normalized spacial score (nSPS) is 14.7. The molecule has 0 radical (unpaired) electrons. The number of aryl methyl sites for hydroxylation is 1. The number of hydrogen-bond acceptors (Lipinski definition) is 2. The molecule has 0 N–H and O–H groups in total. The molecule has 0 saturated heterocycles. The van der Waals surface area contributed by atoms with Gasteiger partial charge in [0.15, 0.2) is 0 Å². The van der Waals surface area contributed by atoms with Gasteiger partial charge in [0.1, 0.15) is 11.2 Å². The van der Waals surface area contributed by atoms with Crippen molar-refractivity contribution in [3.8, 4) is 44.5 Å². The van der Waals surface area contributed by atoms with Gasteiger partial charge in [-0.1, -0.05) is 128 Å². The molecular formula is C51H41NO. The number of para-hydroxylation sites is 1. The Hall–Kier alpha value is -5.86. The first-order chi connectivity index (χ1) is 26.2. The molecule has 6 bridgehead atoms. The molecule has 0 spiro atoms. The summed E-state index contributed by atoms with van der Waals surface area (Å²) in [6, 6.07) is 52.6. The van der Waals surface area contributed by atoms with Gasteiger partial charge in [-0.05, 0) is 136 Å². The molecule has 53 heavy (non-hydrogen) atoms. The third-order valence-corrected chi connectivity index (χ3v) is 12.4. The zero-order valence-electron chi connectivity index (χ0n) is 30.2. The fourth-order valence-corrected chi connectivity index (χ4v) is 9.89. The Balaban J connectivity index is 1.20. The number of anilines is 3. The molecule has 0 amide bonds. The smallest absolute Gasteiger partial charge is 0.135 e. The molecule has 3 aliphatic rings. The van der Waals surface area contributed by atoms with E-state index in [0.717, 1.165) is 34.0 Å². The third-order valence-electron chi connectivity index (χ3n) is 12.4. The van der Waals surface area contributed by atoms with Crippen LogP contribution in [0.5, 0.6) is 0 Å². The molecule has 1 saturated carbocycles. The van der Waals surface area contributed by atoms with Crippen LogP contribution in [0.1, 0.15) is 66.7 Å². The molecule has 1 heterocycles. The van der Waals surface area contributed by atoms with E-state index in [2.05, 4.69) is 151 Å². The zero-order valence-corrected chi connectivity index (χ0v) is 30.2. The maximum Gasteiger partial charge on any atom is 0.135 e. The van der Waals surface area contributed by atoms with E-state index in [1.807, 2.05) is 0 Å². The Kier molecular flexibility index (Phi) is 7.02. The Bertz CT molecular complexity index is 2740. The number of rotatable bonds is 4. The van der Waals surface area contributed by atoms with Crippen LogP contribution in [0, 0.1) is 6.92 Å². The first kappa shape index (κ1) is 30.7. The second-order valence-electron chi connectivity index (χ2n) is 15.5. The van der Waals surface area contributed by atoms with E-state index in [0.29, 0.717) is 5.92 Å². The molecule has 8 aromatic rings. The highest BCUT2D eigenvalue weighted by Gasteiger charge is 2.30. The minimum Gasteiger partial charge on any atom is -0.456 e. The van der Waals surface area contributed by atoms with Crippen molar-refractivity contribution in [1.29, 1.82) is 0 Å². The van der Waals surface area contributed by atoms with E-state index >= 15 is 0 Å². The Morgan fingerprint density at radius 2 is 1.19 bits per heavy atom. The average Bonchev–Trinajstić information content (AvgIpc) is 3.33. The molecule has 11 rings (SSSR count). The van der Waals surface area contributed by atoms with E-state index in [-0.39, 0.29) is 0 Å². The standard InChI is InChI=1S/C51H41NO/c1-32-22-26-48(44(28-32)33-12-4-2-3-5-13-33)52(36-24-27-50-46(30-36)41-16-8-9-21-49(41)53-50)35-23-25-40-38-17-10-18-39-43-20-11-19-42(51(43)47(40)31-35)37-15-7-6-14-34(37)29-45(38)39/h6-11,14-28,30-31,33H,2-5,12-13,29H2,1H3. The van der Waals surface area contributed by atoms with Crippen LogP contribution in [0.15, 0.2) is 144 Å². The van der Waals surface area contributed by atoms with Crippen molar-refractivity contribution in [3.05, 3.63) is 162 Å². The second-order valence-corrected chi connectivity index (χ2v) is 15.5. The molecule has 0 aliphatic heterocycles. The summed E-state index contributed by atoms with van der Waals surface area (Å²) in [5.41, 5.74) is 21.7. The molecule has 1 aromatic heterocycles. The summed E-state index contributed by atoms with van der Waals surface area (Å²) in [6.45, 7) is 2.25. The van der Waals surface area contributed by atoms with E-state index < -0.39 is 0 Å². The van der Waals surface area contributed by atoms with E-state index in [1.54, 1.807) is 0 Å². The zero-order chi connectivity index (χ0) is 35.0. The van der Waals surface area contributed by atoms with Crippen molar-refractivity contribution in [2.45, 2.75) is 57.8 Å². The molecular weight excluding hydrogens is 643 g/mol. The molecule has 2 heteroatoms. The minimum absolute atomic E-state index is 0.538. The van der Waals surface area contributed by atoms with Gasteiger partial charge in [-0.15, -0.1) is 0 Å². The van der Waals surface area contributed by atoms with Crippen LogP contribution in [-0.4, -0.2) is 0 Å². The van der Waals surface area contributed by atoms with Gasteiger partial charge in [0.05, 0.1) is 0 Å². The van der Waals surface area contributed by atoms with Crippen LogP contribution >= 0.6 is 0 Å². The topological polar surface area (TPSA) is 16.4 Å². The third kappa shape index (κ3) is 4.85. The van der Waals surface area contributed by atoms with Gasteiger partial charge >= 0.3 is 0 Å². The van der Waals surface area contributed by atoms with Crippen LogP contribution in [0.2, 0.25) is 0 Å². The van der Waals surface area contributed by atoms with Crippen LogP contribution in [0.4, 0.5) is 17.1 Å². The van der Waals surface area contributed by atoms with Crippen molar-refractivity contribution in [2.24, 2.45) is 0 Å². The molecule has 7 aromatic carbocycles. The quantitative estimate of drug-likeness (QED) is 0.172. The molecule has 0 atom stereocenters. The van der Waals surface area contributed by atoms with Gasteiger partial charge in [-0.3, -0.25) is 0 Å². The summed E-state index contributed by atoms with van der Waals surface area (Å²) in [5.74, 6) is 0.538. The first-order valence-electron chi connectivity index (χ1n) is 19.5. The Morgan fingerprint density at radius 1 is 0.509 bits per heavy atom. The van der Waals surface area contributed by atoms with Crippen molar-refractivity contribution in [2.75, 3.05) is 4.90 Å². The van der Waals surface area contributed by atoms with Gasteiger partial charge in [0, 0.05) is 27.8 Å². The van der Waals surface area contributed by atoms with Crippen molar-refractivity contribution in [3.63, 3.8) is 0 Å². The maximum atomic E-state index is 6.35. The predicted molar refractivity (Wildman–Crippen MR) is 222 cm³/mol. The monoisotopic (exact) mass is 683 g/mol. The fourth-order valence-electron chi connectivity index (χ4n) is 9.89. The molecule has 1 fully saturated rings. The number of furan rings is 1. The van der Waals surface area contributed by atoms with Crippen LogP contribution in [0.3, 0.4) is 0 Å². The van der Waals surface area contributed by atoms with E-state index in [1.165, 1.54) is 117 Å². The number of benzene rings is 7. The summed E-state index contributed by atoms with van der Waals surface area (Å²) in [6.07, 6.45) is 8.68. The van der Waals surface area contributed by atoms with Crippen LogP contribution < -0.4 is 4.90 Å². The van der Waals surface area contributed by atoms with Gasteiger partial charge in [-0.25, -0.2) is 0 Å². The van der Waals surface area contributed by atoms with Crippen LogP contribution in [-0.2, 0) is 6.42 Å². The number of hydrogen-bond donors (Lipinski definition) is 0. The largest absolute Gasteiger partial charge is 0.456 e. The molecule has 0 unspecified atom stereocenters. The van der Waals surface area contributed by atoms with Gasteiger partial charge < -0.3 is 9.32 Å². The average molecular weight is 684 g/mol. The molecule has 3 aliphatic carbocycles. The van der Waals surface area contributed by atoms with Crippen molar-refractivity contribution >= 4 is 39.0 Å². The predicted octanol–water partition coefficient (Wildman–Crippen LogP) is 14.7. The van der Waals surface area contributed by atoms with Gasteiger partial charge in [0.2, 0.25) is 0 Å². The van der Waals surface area contributed by atoms with Gasteiger partial charge in [-0.2, -0.15) is 0 Å². The Morgan fingerprint density at radius 3 is 2.06 bits per heavy atom. The lowest BCUT2D eigenvalue weighted by atomic mass is 9.82. The van der Waals surface area contributed by atoms with Crippen molar-refractivity contribution < 1.29 is 4.42 Å². The number of nitrogens with zero attached hydrogens (tertiary/aromatic N) is 1.